The molecule has 0 unspecified atom stereocenters. The van der Waals surface area contributed by atoms with E-state index in [1.54, 1.807) is 6.20 Å². The first-order valence-corrected chi connectivity index (χ1v) is 11.7. The fourth-order valence-corrected chi connectivity index (χ4v) is 4.36. The van der Waals surface area contributed by atoms with E-state index >= 15 is 0 Å². The second-order valence-electron chi connectivity index (χ2n) is 9.85. The average Bonchev–Trinajstić information content (AvgIpc) is 3.49. The van der Waals surface area contributed by atoms with Crippen LogP contribution in [0, 0.1) is 0 Å². The summed E-state index contributed by atoms with van der Waals surface area (Å²) in [6.45, 7) is 8.41. The Labute approximate surface area is 199 Å². The van der Waals surface area contributed by atoms with Gasteiger partial charge in [0.1, 0.15) is 0 Å². The topological polar surface area (TPSA) is 94.7 Å². The molecule has 0 aliphatic carbocycles. The zero-order valence-electron chi connectivity index (χ0n) is 19.8. The maximum absolute atomic E-state index is 12.9. The highest BCUT2D eigenvalue weighted by molar-refractivity contribution is 6.05. The molecule has 7 heteroatoms. The Morgan fingerprint density at radius 3 is 2.65 bits per heavy atom. The Bertz CT molecular complexity index is 1310. The Hall–Kier alpha value is -3.71. The van der Waals surface area contributed by atoms with Crippen LogP contribution in [0.15, 0.2) is 60.8 Å². The number of amides is 1. The van der Waals surface area contributed by atoms with Crippen molar-refractivity contribution in [3.63, 3.8) is 0 Å². The molecule has 0 saturated carbocycles. The fraction of sp³-hybridized carbons (Fsp3) is 0.296. The SMILES string of the molecule is CC(C)(C)c1ccc(C(=O)Nc2cccc(-c3ccnc4[nH]nc(N[C@@H]5CCNC5)c34)c2)cc1. The van der Waals surface area contributed by atoms with E-state index in [0.717, 1.165) is 53.2 Å². The molecule has 0 bridgehead atoms. The second kappa shape index (κ2) is 8.91. The molecular weight excluding hydrogens is 424 g/mol. The van der Waals surface area contributed by atoms with Crippen LogP contribution in [0.4, 0.5) is 11.5 Å². The summed E-state index contributed by atoms with van der Waals surface area (Å²) in [5, 5.41) is 18.4. The van der Waals surface area contributed by atoms with Gasteiger partial charge in [0.05, 0.1) is 5.39 Å². The minimum atomic E-state index is -0.128. The van der Waals surface area contributed by atoms with Gasteiger partial charge in [-0.2, -0.15) is 5.10 Å². The van der Waals surface area contributed by atoms with Crippen molar-refractivity contribution in [2.45, 2.75) is 38.6 Å². The number of anilines is 2. The number of aromatic nitrogens is 3. The Morgan fingerprint density at radius 2 is 1.91 bits per heavy atom. The molecule has 2 aromatic heterocycles. The lowest BCUT2D eigenvalue weighted by molar-refractivity contribution is 0.102. The first kappa shape index (κ1) is 22.1. The average molecular weight is 455 g/mol. The van der Waals surface area contributed by atoms with Gasteiger partial charge in [-0.25, -0.2) is 4.98 Å². The maximum Gasteiger partial charge on any atom is 0.255 e. The zero-order valence-corrected chi connectivity index (χ0v) is 19.8. The molecule has 1 atom stereocenters. The number of benzene rings is 2. The van der Waals surface area contributed by atoms with E-state index in [2.05, 4.69) is 51.9 Å². The van der Waals surface area contributed by atoms with Crippen molar-refractivity contribution >= 4 is 28.4 Å². The van der Waals surface area contributed by atoms with E-state index in [0.29, 0.717) is 11.6 Å². The van der Waals surface area contributed by atoms with Crippen molar-refractivity contribution in [3.05, 3.63) is 71.9 Å². The molecule has 7 nitrogen and oxygen atoms in total. The van der Waals surface area contributed by atoms with Gasteiger partial charge >= 0.3 is 0 Å². The van der Waals surface area contributed by atoms with Gasteiger partial charge in [0, 0.05) is 30.0 Å². The van der Waals surface area contributed by atoms with E-state index in [-0.39, 0.29) is 11.3 Å². The highest BCUT2D eigenvalue weighted by Gasteiger charge is 2.19. The number of H-pyrrole nitrogens is 1. The van der Waals surface area contributed by atoms with Crippen molar-refractivity contribution in [3.8, 4) is 11.1 Å². The van der Waals surface area contributed by atoms with Gasteiger partial charge in [-0.15, -0.1) is 0 Å². The van der Waals surface area contributed by atoms with E-state index < -0.39 is 0 Å². The van der Waals surface area contributed by atoms with Gasteiger partial charge in [-0.05, 0) is 65.4 Å². The number of nitrogens with one attached hydrogen (secondary N) is 4. The van der Waals surface area contributed by atoms with Crippen LogP contribution >= 0.6 is 0 Å². The minimum absolute atomic E-state index is 0.0499. The highest BCUT2D eigenvalue weighted by atomic mass is 16.1. The number of aromatic amines is 1. The Kier molecular flexibility index (Phi) is 5.79. The number of hydrogen-bond donors (Lipinski definition) is 4. The fourth-order valence-electron chi connectivity index (χ4n) is 4.36. The van der Waals surface area contributed by atoms with E-state index in [4.69, 9.17) is 0 Å². The third-order valence-corrected chi connectivity index (χ3v) is 6.31. The van der Waals surface area contributed by atoms with Crippen molar-refractivity contribution in [2.24, 2.45) is 0 Å². The number of carbonyl (C=O) groups is 1. The molecule has 1 aliphatic rings. The predicted molar refractivity (Wildman–Crippen MR) is 137 cm³/mol. The third kappa shape index (κ3) is 4.52. The predicted octanol–water partition coefficient (Wildman–Crippen LogP) is 4.95. The largest absolute Gasteiger partial charge is 0.364 e. The van der Waals surface area contributed by atoms with Crippen LogP contribution < -0.4 is 16.0 Å². The number of rotatable bonds is 5. The lowest BCUT2D eigenvalue weighted by atomic mass is 9.87. The second-order valence-corrected chi connectivity index (χ2v) is 9.85. The number of pyridine rings is 1. The quantitative estimate of drug-likeness (QED) is 0.342. The van der Waals surface area contributed by atoms with Gasteiger partial charge in [-0.3, -0.25) is 9.89 Å². The van der Waals surface area contributed by atoms with E-state index in [9.17, 15) is 4.79 Å². The van der Waals surface area contributed by atoms with Crippen molar-refractivity contribution in [2.75, 3.05) is 23.7 Å². The van der Waals surface area contributed by atoms with Gasteiger partial charge in [0.25, 0.3) is 5.91 Å². The van der Waals surface area contributed by atoms with Gasteiger partial charge in [0.2, 0.25) is 0 Å². The van der Waals surface area contributed by atoms with Crippen molar-refractivity contribution in [1.82, 2.24) is 20.5 Å². The van der Waals surface area contributed by atoms with Crippen LogP contribution in [0.25, 0.3) is 22.2 Å². The van der Waals surface area contributed by atoms with Gasteiger partial charge < -0.3 is 16.0 Å². The smallest absolute Gasteiger partial charge is 0.255 e. The first-order chi connectivity index (χ1) is 16.4. The molecular formula is C27H30N6O. The first-order valence-electron chi connectivity index (χ1n) is 11.7. The molecule has 0 spiro atoms. The molecule has 4 N–H and O–H groups in total. The lowest BCUT2D eigenvalue weighted by Crippen LogP contribution is -2.22. The molecule has 34 heavy (non-hydrogen) atoms. The number of hydrogen-bond acceptors (Lipinski definition) is 5. The van der Waals surface area contributed by atoms with E-state index in [1.807, 2.05) is 54.6 Å². The summed E-state index contributed by atoms with van der Waals surface area (Å²) in [5.74, 6) is 0.678. The van der Waals surface area contributed by atoms with Crippen molar-refractivity contribution in [1.29, 1.82) is 0 Å². The summed E-state index contributed by atoms with van der Waals surface area (Å²) in [6.07, 6.45) is 2.83. The summed E-state index contributed by atoms with van der Waals surface area (Å²) in [6, 6.07) is 18.0. The summed E-state index contributed by atoms with van der Waals surface area (Å²) in [4.78, 5) is 17.3. The molecule has 0 radical (unpaired) electrons. The van der Waals surface area contributed by atoms with Crippen LogP contribution in [-0.2, 0) is 5.41 Å². The molecule has 1 aliphatic heterocycles. The lowest BCUT2D eigenvalue weighted by Gasteiger charge is -2.19. The highest BCUT2D eigenvalue weighted by Crippen LogP contribution is 2.33. The molecule has 4 aromatic rings. The Morgan fingerprint density at radius 1 is 1.09 bits per heavy atom. The molecule has 5 rings (SSSR count). The monoisotopic (exact) mass is 454 g/mol. The molecule has 3 heterocycles. The maximum atomic E-state index is 12.9. The van der Waals surface area contributed by atoms with Crippen molar-refractivity contribution < 1.29 is 4.79 Å². The van der Waals surface area contributed by atoms with Gasteiger partial charge in [0.15, 0.2) is 11.5 Å². The molecule has 1 amide bonds. The molecule has 1 saturated heterocycles. The van der Waals surface area contributed by atoms with Crippen LogP contribution in [0.5, 0.6) is 0 Å². The minimum Gasteiger partial charge on any atom is -0.364 e. The number of fused-ring (bicyclic) bond motifs is 1. The third-order valence-electron chi connectivity index (χ3n) is 6.31. The Balaban J connectivity index is 1.41. The number of carbonyl (C=O) groups excluding carboxylic acids is 1. The molecule has 1 fully saturated rings. The molecule has 174 valence electrons. The summed E-state index contributed by atoms with van der Waals surface area (Å²) in [7, 11) is 0. The van der Waals surface area contributed by atoms with Crippen LogP contribution in [0.1, 0.15) is 43.1 Å². The van der Waals surface area contributed by atoms with Crippen LogP contribution in [0.2, 0.25) is 0 Å². The van der Waals surface area contributed by atoms with Gasteiger partial charge in [-0.1, -0.05) is 45.0 Å². The number of nitrogens with zero attached hydrogens (tertiary/aromatic N) is 2. The standard InChI is InChI=1S/C27H30N6O/c1-27(2,3)19-9-7-17(8-10-19)26(34)31-20-6-4-5-18(15-20)22-12-14-29-24-23(22)25(33-32-24)30-21-11-13-28-16-21/h4-10,12,14-15,21,28H,11,13,16H2,1-3H3,(H,31,34)(H2,29,30,32,33)/t21-/m1/s1. The zero-order chi connectivity index (χ0) is 23.7. The normalized spacial score (nSPS) is 16.0. The summed E-state index contributed by atoms with van der Waals surface area (Å²) < 4.78 is 0. The van der Waals surface area contributed by atoms with E-state index in [1.165, 1.54) is 5.56 Å². The summed E-state index contributed by atoms with van der Waals surface area (Å²) >= 11 is 0. The van der Waals surface area contributed by atoms with Crippen LogP contribution in [0.3, 0.4) is 0 Å². The van der Waals surface area contributed by atoms with Crippen LogP contribution in [-0.4, -0.2) is 40.2 Å². The summed E-state index contributed by atoms with van der Waals surface area (Å²) in [5.41, 5.74) is 5.36. The molecule has 2 aromatic carbocycles.